The Morgan fingerprint density at radius 2 is 0.481 bits per heavy atom. The lowest BCUT2D eigenvalue weighted by Crippen LogP contribution is -2.30. The Kier molecular flexibility index (Phi) is 62.5. The van der Waals surface area contributed by atoms with Crippen LogP contribution in [0.4, 0.5) is 0 Å². The molecule has 6 nitrogen and oxygen atoms in total. The summed E-state index contributed by atoms with van der Waals surface area (Å²) in [7, 11) is 0. The number of carbonyl (C=O) groups excluding carboxylic acids is 3. The molecule has 0 spiro atoms. The third-order valence-corrected chi connectivity index (χ3v) is 12.9. The Morgan fingerprint density at radius 3 is 0.790 bits per heavy atom. The van der Waals surface area contributed by atoms with Gasteiger partial charge in [0.2, 0.25) is 0 Å². The molecule has 0 aromatic carbocycles. The van der Waals surface area contributed by atoms with Gasteiger partial charge in [0, 0.05) is 19.3 Å². The molecule has 0 aliphatic carbocycles. The fourth-order valence-corrected chi connectivity index (χ4v) is 8.10. The average Bonchev–Trinajstić information content (AvgIpc) is 3.47. The van der Waals surface area contributed by atoms with Gasteiger partial charge in [-0.25, -0.2) is 0 Å². The molecule has 0 aliphatic rings. The standard InChI is InChI=1S/C75H116O6/c1-4-7-10-13-16-19-22-25-28-29-30-31-32-33-34-35-36-37-38-39-40-41-42-43-44-45-48-50-53-56-59-62-65-68-74(77)80-71-72(81-75(78)69-66-63-60-57-54-51-47-27-24-21-18-15-12-9-6-3)70-79-73(76)67-64-61-58-55-52-49-46-26-23-20-17-14-11-8-5-2/h7,9-10,12,16,18-19,21,25-28,30-31,33-34,36-37,39-40,42-43,45-48,53-54,56-57,72H,4-6,8,11,13-15,17,20,22-24,29,32,35,38,41,44,49-52,55,58-71H2,1-3H3/b10-7-,12-9-,19-16-,21-18-,28-25-,31-30-,34-33-,37-36-,40-39-,43-42-,46-26-,47-27-,48-45-,56-53-,57-54-. The van der Waals surface area contributed by atoms with Gasteiger partial charge in [-0.15, -0.1) is 0 Å². The lowest BCUT2D eigenvalue weighted by Gasteiger charge is -2.18. The van der Waals surface area contributed by atoms with E-state index in [0.29, 0.717) is 19.3 Å². The summed E-state index contributed by atoms with van der Waals surface area (Å²) in [5.41, 5.74) is 0. The second kappa shape index (κ2) is 67.0. The van der Waals surface area contributed by atoms with Gasteiger partial charge in [-0.2, -0.15) is 0 Å². The molecule has 0 saturated heterocycles. The summed E-state index contributed by atoms with van der Waals surface area (Å²) in [4.78, 5) is 38.2. The molecule has 81 heavy (non-hydrogen) atoms. The van der Waals surface area contributed by atoms with E-state index in [0.717, 1.165) is 148 Å². The van der Waals surface area contributed by atoms with Crippen LogP contribution in [0.2, 0.25) is 0 Å². The molecule has 0 radical (unpaired) electrons. The van der Waals surface area contributed by atoms with E-state index in [-0.39, 0.29) is 44.0 Å². The smallest absolute Gasteiger partial charge is 0.306 e. The predicted molar refractivity (Wildman–Crippen MR) is 352 cm³/mol. The van der Waals surface area contributed by atoms with Gasteiger partial charge in [0.15, 0.2) is 6.10 Å². The summed E-state index contributed by atoms with van der Waals surface area (Å²) in [5, 5.41) is 0. The highest BCUT2D eigenvalue weighted by molar-refractivity contribution is 5.71. The molecule has 0 heterocycles. The number of hydrogen-bond donors (Lipinski definition) is 0. The summed E-state index contributed by atoms with van der Waals surface area (Å²) in [6.07, 6.45) is 100. The van der Waals surface area contributed by atoms with Crippen molar-refractivity contribution < 1.29 is 28.6 Å². The predicted octanol–water partition coefficient (Wildman–Crippen LogP) is 22.4. The Bertz CT molecular complexity index is 1900. The minimum absolute atomic E-state index is 0.121. The van der Waals surface area contributed by atoms with Crippen molar-refractivity contribution in [3.05, 3.63) is 182 Å². The molecule has 0 amide bonds. The maximum atomic E-state index is 12.9. The molecule has 0 N–H and O–H groups in total. The van der Waals surface area contributed by atoms with E-state index in [1.54, 1.807) is 0 Å². The largest absolute Gasteiger partial charge is 0.462 e. The zero-order valence-corrected chi connectivity index (χ0v) is 51.7. The molecule has 0 fully saturated rings. The topological polar surface area (TPSA) is 78.9 Å². The van der Waals surface area contributed by atoms with E-state index >= 15 is 0 Å². The van der Waals surface area contributed by atoms with Gasteiger partial charge < -0.3 is 14.2 Å². The van der Waals surface area contributed by atoms with Crippen molar-refractivity contribution in [2.24, 2.45) is 0 Å². The van der Waals surface area contributed by atoms with Crippen molar-refractivity contribution in [1.82, 2.24) is 0 Å². The van der Waals surface area contributed by atoms with Crippen LogP contribution in [0.5, 0.6) is 0 Å². The maximum Gasteiger partial charge on any atom is 0.306 e. The second-order valence-electron chi connectivity index (χ2n) is 20.5. The van der Waals surface area contributed by atoms with Crippen LogP contribution in [0, 0.1) is 0 Å². The van der Waals surface area contributed by atoms with Gasteiger partial charge in [0.1, 0.15) is 13.2 Å². The Balaban J connectivity index is 4.45. The zero-order chi connectivity index (χ0) is 58.5. The Morgan fingerprint density at radius 1 is 0.259 bits per heavy atom. The van der Waals surface area contributed by atoms with Crippen molar-refractivity contribution in [2.75, 3.05) is 13.2 Å². The molecular formula is C75H116O6. The quantitative estimate of drug-likeness (QED) is 0.0261. The van der Waals surface area contributed by atoms with Gasteiger partial charge in [-0.1, -0.05) is 254 Å². The minimum Gasteiger partial charge on any atom is -0.462 e. The lowest BCUT2D eigenvalue weighted by atomic mass is 10.1. The first-order valence-electron chi connectivity index (χ1n) is 32.3. The number of hydrogen-bond acceptors (Lipinski definition) is 6. The average molecular weight is 1110 g/mol. The van der Waals surface area contributed by atoms with Crippen LogP contribution in [0.25, 0.3) is 0 Å². The number of esters is 3. The number of rotatable bonds is 56. The molecule has 0 aromatic rings. The lowest BCUT2D eigenvalue weighted by molar-refractivity contribution is -0.167. The van der Waals surface area contributed by atoms with Crippen molar-refractivity contribution in [3.63, 3.8) is 0 Å². The van der Waals surface area contributed by atoms with E-state index in [4.69, 9.17) is 14.2 Å². The van der Waals surface area contributed by atoms with Crippen LogP contribution in [-0.4, -0.2) is 37.2 Å². The summed E-state index contributed by atoms with van der Waals surface area (Å²) >= 11 is 0. The summed E-state index contributed by atoms with van der Waals surface area (Å²) in [5.74, 6) is -1.02. The molecule has 1 atom stereocenters. The maximum absolute atomic E-state index is 12.9. The highest BCUT2D eigenvalue weighted by Gasteiger charge is 2.19. The van der Waals surface area contributed by atoms with Crippen LogP contribution in [0.1, 0.15) is 252 Å². The molecule has 6 heteroatoms. The van der Waals surface area contributed by atoms with Crippen molar-refractivity contribution in [3.8, 4) is 0 Å². The van der Waals surface area contributed by atoms with Gasteiger partial charge in [-0.3, -0.25) is 14.4 Å². The molecular weight excluding hydrogens is 997 g/mol. The highest BCUT2D eigenvalue weighted by Crippen LogP contribution is 2.13. The number of allylic oxidation sites excluding steroid dienone is 30. The number of carbonyl (C=O) groups is 3. The molecule has 1 unspecified atom stereocenters. The summed E-state index contributed by atoms with van der Waals surface area (Å²) in [6.45, 7) is 6.31. The first-order chi connectivity index (χ1) is 40.0. The molecule has 0 aliphatic heterocycles. The van der Waals surface area contributed by atoms with Crippen LogP contribution in [0.15, 0.2) is 182 Å². The Labute approximate surface area is 497 Å². The van der Waals surface area contributed by atoms with E-state index in [1.807, 2.05) is 0 Å². The zero-order valence-electron chi connectivity index (χ0n) is 51.7. The Hall–Kier alpha value is -5.49. The fourth-order valence-electron chi connectivity index (χ4n) is 8.10. The number of ether oxygens (including phenoxy) is 3. The van der Waals surface area contributed by atoms with Crippen molar-refractivity contribution >= 4 is 17.9 Å². The monoisotopic (exact) mass is 1110 g/mol. The van der Waals surface area contributed by atoms with E-state index in [9.17, 15) is 14.4 Å². The van der Waals surface area contributed by atoms with E-state index in [2.05, 4.69) is 203 Å². The fraction of sp³-hybridized carbons (Fsp3) is 0.560. The summed E-state index contributed by atoms with van der Waals surface area (Å²) < 4.78 is 16.8. The first-order valence-corrected chi connectivity index (χ1v) is 32.3. The first kappa shape index (κ1) is 75.5. The second-order valence-corrected chi connectivity index (χ2v) is 20.5. The third-order valence-electron chi connectivity index (χ3n) is 12.9. The molecule has 0 bridgehead atoms. The minimum atomic E-state index is -0.832. The third kappa shape index (κ3) is 65.2. The molecule has 0 saturated carbocycles. The van der Waals surface area contributed by atoms with Gasteiger partial charge >= 0.3 is 17.9 Å². The van der Waals surface area contributed by atoms with Crippen LogP contribution in [0.3, 0.4) is 0 Å². The summed E-state index contributed by atoms with van der Waals surface area (Å²) in [6, 6.07) is 0. The van der Waals surface area contributed by atoms with Gasteiger partial charge in [-0.05, 0) is 161 Å². The number of unbranched alkanes of at least 4 members (excludes halogenated alkanes) is 15. The highest BCUT2D eigenvalue weighted by atomic mass is 16.6. The van der Waals surface area contributed by atoms with Gasteiger partial charge in [0.25, 0.3) is 0 Å². The van der Waals surface area contributed by atoms with Crippen LogP contribution >= 0.6 is 0 Å². The van der Waals surface area contributed by atoms with Crippen LogP contribution in [-0.2, 0) is 28.6 Å². The van der Waals surface area contributed by atoms with E-state index in [1.165, 1.54) is 51.4 Å². The molecule has 0 aromatic heterocycles. The van der Waals surface area contributed by atoms with Crippen LogP contribution < -0.4 is 0 Å². The molecule has 0 rings (SSSR count). The van der Waals surface area contributed by atoms with Crippen molar-refractivity contribution in [2.45, 2.75) is 258 Å². The van der Waals surface area contributed by atoms with Gasteiger partial charge in [0.05, 0.1) is 0 Å². The SMILES string of the molecule is CC/C=C\C/C=C\C/C=C\C/C=C\C/C=C\C/C=C\C/C=C\C/C=C\C/C=C\C/C=C\CCCCC(=O)OCC(COC(=O)CCCCCCC/C=C\CCCCCCCC)OC(=O)CCCC/C=C\C/C=C\C/C=C\C/C=C\CC. The normalized spacial score (nSPS) is 13.4. The van der Waals surface area contributed by atoms with E-state index < -0.39 is 6.10 Å². The van der Waals surface area contributed by atoms with Crippen molar-refractivity contribution in [1.29, 1.82) is 0 Å². The molecule has 452 valence electrons.